The van der Waals surface area contributed by atoms with Gasteiger partial charge in [0.25, 0.3) is 0 Å². The number of fused-ring (bicyclic) bond motifs is 1. The molecule has 10 heteroatoms. The molecule has 0 saturated heterocycles. The van der Waals surface area contributed by atoms with Crippen molar-refractivity contribution in [2.45, 2.75) is 30.7 Å². The summed E-state index contributed by atoms with van der Waals surface area (Å²) in [6.07, 6.45) is 2.53. The van der Waals surface area contributed by atoms with Crippen LogP contribution in [0.5, 0.6) is 5.75 Å². The highest BCUT2D eigenvalue weighted by Gasteiger charge is 2.37. The zero-order chi connectivity index (χ0) is 23.2. The predicted octanol–water partition coefficient (Wildman–Crippen LogP) is 2.87. The smallest absolute Gasteiger partial charge is 0.243 e. The topological polar surface area (TPSA) is 106 Å². The number of rotatable bonds is 7. The zero-order valence-electron chi connectivity index (χ0n) is 18.4. The lowest BCUT2D eigenvalue weighted by Gasteiger charge is -2.18. The summed E-state index contributed by atoms with van der Waals surface area (Å²) in [6.45, 7) is 0.537. The van der Waals surface area contributed by atoms with E-state index in [0.717, 1.165) is 29.7 Å². The number of sulfonamides is 1. The van der Waals surface area contributed by atoms with E-state index in [1.54, 1.807) is 54.5 Å². The lowest BCUT2D eigenvalue weighted by Crippen LogP contribution is -2.30. The van der Waals surface area contributed by atoms with Crippen molar-refractivity contribution >= 4 is 21.6 Å². The van der Waals surface area contributed by atoms with E-state index in [-0.39, 0.29) is 29.2 Å². The molecule has 1 aromatic heterocycles. The van der Waals surface area contributed by atoms with E-state index in [4.69, 9.17) is 9.26 Å². The molecule has 1 saturated carbocycles. The largest absolute Gasteiger partial charge is 0.497 e. The number of carbonyl (C=O) groups is 1. The number of benzene rings is 2. The van der Waals surface area contributed by atoms with Crippen LogP contribution >= 0.6 is 0 Å². The number of anilines is 1. The first-order valence-electron chi connectivity index (χ1n) is 10.7. The van der Waals surface area contributed by atoms with Gasteiger partial charge in [0.15, 0.2) is 0 Å². The molecule has 0 atom stereocenters. The minimum atomic E-state index is -3.78. The normalized spacial score (nSPS) is 15.7. The SMILES string of the molecule is COc1ccc(-c2noc(CN(C)S(=O)(=O)c3ccc4c(c3)CCN4C(=O)C3CC3)n2)cc1. The van der Waals surface area contributed by atoms with Crippen molar-refractivity contribution in [1.29, 1.82) is 0 Å². The van der Waals surface area contributed by atoms with Gasteiger partial charge in [-0.25, -0.2) is 8.42 Å². The Morgan fingerprint density at radius 3 is 2.67 bits per heavy atom. The van der Waals surface area contributed by atoms with Gasteiger partial charge in [0.05, 0.1) is 18.6 Å². The average molecular weight is 469 g/mol. The summed E-state index contributed by atoms with van der Waals surface area (Å²) in [7, 11) is -0.719. The first-order chi connectivity index (χ1) is 15.9. The van der Waals surface area contributed by atoms with Gasteiger partial charge >= 0.3 is 0 Å². The molecule has 0 N–H and O–H groups in total. The molecule has 2 heterocycles. The molecule has 1 amide bonds. The predicted molar refractivity (Wildman–Crippen MR) is 120 cm³/mol. The standard InChI is InChI=1S/C23H24N4O5S/c1-26(14-21-24-22(25-32-21)15-5-7-18(31-2)8-6-15)33(29,30)19-9-10-20-17(13-19)11-12-27(20)23(28)16-3-4-16/h5-10,13,16H,3-4,11-12,14H2,1-2H3. The summed E-state index contributed by atoms with van der Waals surface area (Å²) in [4.78, 5) is 18.8. The summed E-state index contributed by atoms with van der Waals surface area (Å²) < 4.78 is 37.9. The summed E-state index contributed by atoms with van der Waals surface area (Å²) in [5, 5.41) is 3.96. The fraction of sp³-hybridized carbons (Fsp3) is 0.348. The molecule has 0 unspecified atom stereocenters. The Bertz CT molecular complexity index is 1300. The highest BCUT2D eigenvalue weighted by Crippen LogP contribution is 2.37. The van der Waals surface area contributed by atoms with E-state index in [2.05, 4.69) is 10.1 Å². The second-order valence-corrected chi connectivity index (χ2v) is 10.4. The number of hydrogen-bond donors (Lipinski definition) is 0. The monoisotopic (exact) mass is 468 g/mol. The Balaban J connectivity index is 1.31. The summed E-state index contributed by atoms with van der Waals surface area (Å²) in [6, 6.07) is 12.1. The molecule has 3 aromatic rings. The van der Waals surface area contributed by atoms with E-state index < -0.39 is 10.0 Å². The number of amides is 1. The molecule has 1 aliphatic heterocycles. The van der Waals surface area contributed by atoms with Gasteiger partial charge in [0.1, 0.15) is 5.75 Å². The van der Waals surface area contributed by atoms with Crippen LogP contribution in [0.2, 0.25) is 0 Å². The third-order valence-corrected chi connectivity index (χ3v) is 7.82. The van der Waals surface area contributed by atoms with E-state index in [1.807, 2.05) is 0 Å². The zero-order valence-corrected chi connectivity index (χ0v) is 19.2. The second kappa shape index (κ2) is 8.27. The Hall–Kier alpha value is -3.24. The maximum absolute atomic E-state index is 13.2. The van der Waals surface area contributed by atoms with Crippen LogP contribution in [0.25, 0.3) is 11.4 Å². The Kier molecular flexibility index (Phi) is 5.41. The molecule has 33 heavy (non-hydrogen) atoms. The number of ether oxygens (including phenoxy) is 1. The van der Waals surface area contributed by atoms with Crippen LogP contribution in [-0.4, -0.2) is 49.5 Å². The molecular weight excluding hydrogens is 444 g/mol. The first kappa shape index (κ1) is 21.6. The minimum Gasteiger partial charge on any atom is -0.497 e. The van der Waals surface area contributed by atoms with Gasteiger partial charge in [-0.2, -0.15) is 9.29 Å². The first-order valence-corrected chi connectivity index (χ1v) is 12.2. The Morgan fingerprint density at radius 2 is 1.97 bits per heavy atom. The van der Waals surface area contributed by atoms with Gasteiger partial charge in [-0.05, 0) is 67.3 Å². The van der Waals surface area contributed by atoms with Crippen molar-refractivity contribution in [1.82, 2.24) is 14.4 Å². The summed E-state index contributed by atoms with van der Waals surface area (Å²) >= 11 is 0. The molecule has 0 spiro atoms. The van der Waals surface area contributed by atoms with Gasteiger partial charge in [-0.3, -0.25) is 4.79 Å². The van der Waals surface area contributed by atoms with Crippen molar-refractivity contribution in [3.63, 3.8) is 0 Å². The lowest BCUT2D eigenvalue weighted by molar-refractivity contribution is -0.119. The van der Waals surface area contributed by atoms with E-state index in [0.29, 0.717) is 24.5 Å². The van der Waals surface area contributed by atoms with Gasteiger partial charge in [-0.15, -0.1) is 0 Å². The van der Waals surface area contributed by atoms with Gasteiger partial charge in [0.2, 0.25) is 27.6 Å². The van der Waals surface area contributed by atoms with Crippen molar-refractivity contribution in [2.24, 2.45) is 5.92 Å². The number of aromatic nitrogens is 2. The second-order valence-electron chi connectivity index (χ2n) is 8.31. The van der Waals surface area contributed by atoms with Crippen molar-refractivity contribution in [2.75, 3.05) is 25.6 Å². The average Bonchev–Trinajstić information content (AvgIpc) is 3.43. The Morgan fingerprint density at radius 1 is 1.21 bits per heavy atom. The van der Waals surface area contributed by atoms with Crippen molar-refractivity contribution in [3.8, 4) is 17.1 Å². The van der Waals surface area contributed by atoms with Crippen LogP contribution < -0.4 is 9.64 Å². The van der Waals surface area contributed by atoms with E-state index >= 15 is 0 Å². The molecule has 2 aromatic carbocycles. The Labute approximate surface area is 192 Å². The van der Waals surface area contributed by atoms with Crippen LogP contribution in [-0.2, 0) is 27.8 Å². The van der Waals surface area contributed by atoms with Crippen molar-refractivity contribution < 1.29 is 22.5 Å². The van der Waals surface area contributed by atoms with Crippen LogP contribution in [0.15, 0.2) is 51.9 Å². The van der Waals surface area contributed by atoms with E-state index in [9.17, 15) is 13.2 Å². The van der Waals surface area contributed by atoms with Crippen LogP contribution in [0.4, 0.5) is 5.69 Å². The third kappa shape index (κ3) is 4.11. The molecular formula is C23H24N4O5S. The maximum atomic E-state index is 13.2. The summed E-state index contributed by atoms with van der Waals surface area (Å²) in [5.74, 6) is 1.54. The maximum Gasteiger partial charge on any atom is 0.243 e. The van der Waals surface area contributed by atoms with Crippen molar-refractivity contribution in [3.05, 3.63) is 53.9 Å². The van der Waals surface area contributed by atoms with Crippen LogP contribution in [0.1, 0.15) is 24.3 Å². The van der Waals surface area contributed by atoms with Crippen LogP contribution in [0.3, 0.4) is 0 Å². The van der Waals surface area contributed by atoms with Gasteiger partial charge < -0.3 is 14.2 Å². The number of methoxy groups -OCH3 is 1. The highest BCUT2D eigenvalue weighted by atomic mass is 32.2. The summed E-state index contributed by atoms with van der Waals surface area (Å²) in [5.41, 5.74) is 2.42. The molecule has 0 radical (unpaired) electrons. The quantitative estimate of drug-likeness (QED) is 0.525. The molecule has 172 valence electrons. The van der Waals surface area contributed by atoms with Gasteiger partial charge in [-0.1, -0.05) is 5.16 Å². The van der Waals surface area contributed by atoms with Gasteiger partial charge in [0, 0.05) is 30.8 Å². The number of hydrogen-bond acceptors (Lipinski definition) is 7. The van der Waals surface area contributed by atoms with E-state index in [1.165, 1.54) is 11.4 Å². The van der Waals surface area contributed by atoms with Crippen LogP contribution in [0, 0.1) is 5.92 Å². The fourth-order valence-corrected chi connectivity index (χ4v) is 5.12. The number of nitrogens with zero attached hydrogens (tertiary/aromatic N) is 4. The molecule has 1 aliphatic carbocycles. The fourth-order valence-electron chi connectivity index (χ4n) is 3.95. The lowest BCUT2D eigenvalue weighted by atomic mass is 10.2. The molecule has 2 aliphatic rings. The number of carbonyl (C=O) groups excluding carboxylic acids is 1. The molecule has 1 fully saturated rings. The molecule has 0 bridgehead atoms. The minimum absolute atomic E-state index is 0.0607. The highest BCUT2D eigenvalue weighted by molar-refractivity contribution is 7.89. The third-order valence-electron chi connectivity index (χ3n) is 6.02. The molecule has 9 nitrogen and oxygen atoms in total. The molecule has 5 rings (SSSR count).